The molecule has 0 saturated carbocycles. The van der Waals surface area contributed by atoms with Crippen LogP contribution in [0.1, 0.15) is 31.9 Å². The van der Waals surface area contributed by atoms with E-state index in [-0.39, 0.29) is 22.6 Å². The van der Waals surface area contributed by atoms with Gasteiger partial charge in [-0.25, -0.2) is 14.4 Å². The van der Waals surface area contributed by atoms with Crippen LogP contribution >= 0.6 is 0 Å². The minimum Gasteiger partial charge on any atom is -0.423 e. The van der Waals surface area contributed by atoms with E-state index < -0.39 is 17.9 Å². The number of ether oxygens (including phenoxy) is 3. The molecule has 6 nitrogen and oxygen atoms in total. The van der Waals surface area contributed by atoms with Gasteiger partial charge in [0.15, 0.2) is 0 Å². The minimum absolute atomic E-state index is 0.201. The first-order valence-electron chi connectivity index (χ1n) is 9.61. The van der Waals surface area contributed by atoms with E-state index in [1.807, 2.05) is 0 Å². The lowest BCUT2D eigenvalue weighted by Gasteiger charge is -2.09. The van der Waals surface area contributed by atoms with E-state index in [4.69, 9.17) is 14.2 Å². The van der Waals surface area contributed by atoms with E-state index in [0.717, 1.165) is 5.56 Å². The van der Waals surface area contributed by atoms with E-state index in [1.54, 1.807) is 55.5 Å². The normalized spacial score (nSPS) is 10.3. The summed E-state index contributed by atoms with van der Waals surface area (Å²) in [6, 6.07) is 11.5. The molecule has 0 aliphatic heterocycles. The molecule has 2 aromatic carbocycles. The topological polar surface area (TPSA) is 78.9 Å². The van der Waals surface area contributed by atoms with Gasteiger partial charge >= 0.3 is 17.9 Å². The van der Waals surface area contributed by atoms with Crippen LogP contribution in [0.4, 0.5) is 0 Å². The first-order chi connectivity index (χ1) is 15.0. The van der Waals surface area contributed by atoms with Gasteiger partial charge in [-0.3, -0.25) is 0 Å². The number of esters is 3. The summed E-state index contributed by atoms with van der Waals surface area (Å²) < 4.78 is 15.7. The standard InChI is InChI=1S/C26H24O6/c1-16(2)24(27)30-21-11-9-19(10-12-21)7-8-20-13-22(31-25(28)17(3)4)15-23(14-20)32-26(29)18(5)6/h7-15H,1,3,5H2,2,4,6H3/b8-7+. The zero-order valence-corrected chi connectivity index (χ0v) is 18.3. The van der Waals surface area contributed by atoms with Crippen molar-refractivity contribution in [2.75, 3.05) is 0 Å². The van der Waals surface area contributed by atoms with E-state index in [1.165, 1.54) is 19.9 Å². The van der Waals surface area contributed by atoms with Crippen molar-refractivity contribution < 1.29 is 28.6 Å². The van der Waals surface area contributed by atoms with Gasteiger partial charge in [0.2, 0.25) is 0 Å². The van der Waals surface area contributed by atoms with Gasteiger partial charge in [0.1, 0.15) is 17.2 Å². The van der Waals surface area contributed by atoms with Crippen molar-refractivity contribution in [1.82, 2.24) is 0 Å². The molecular weight excluding hydrogens is 408 g/mol. The van der Waals surface area contributed by atoms with Crippen LogP contribution in [-0.2, 0) is 14.4 Å². The van der Waals surface area contributed by atoms with Gasteiger partial charge in [-0.1, -0.05) is 44.0 Å². The van der Waals surface area contributed by atoms with Gasteiger partial charge in [0, 0.05) is 22.8 Å². The Morgan fingerprint density at radius 2 is 0.969 bits per heavy atom. The average molecular weight is 432 g/mol. The third-order valence-corrected chi connectivity index (χ3v) is 3.93. The Morgan fingerprint density at radius 3 is 1.38 bits per heavy atom. The largest absolute Gasteiger partial charge is 0.423 e. The highest BCUT2D eigenvalue weighted by Gasteiger charge is 2.11. The van der Waals surface area contributed by atoms with Crippen molar-refractivity contribution in [1.29, 1.82) is 0 Å². The molecule has 0 atom stereocenters. The molecule has 0 aromatic heterocycles. The van der Waals surface area contributed by atoms with Gasteiger partial charge in [0.05, 0.1) is 0 Å². The molecule has 0 saturated heterocycles. The van der Waals surface area contributed by atoms with E-state index in [2.05, 4.69) is 19.7 Å². The lowest BCUT2D eigenvalue weighted by Crippen LogP contribution is -2.10. The Hall–Kier alpha value is -4.19. The second-order valence-corrected chi connectivity index (χ2v) is 7.15. The molecule has 0 fully saturated rings. The first kappa shape index (κ1) is 24.1. The van der Waals surface area contributed by atoms with Crippen molar-refractivity contribution in [2.45, 2.75) is 20.8 Å². The monoisotopic (exact) mass is 432 g/mol. The number of rotatable bonds is 8. The third-order valence-electron chi connectivity index (χ3n) is 3.93. The van der Waals surface area contributed by atoms with Crippen molar-refractivity contribution in [3.05, 3.63) is 90.0 Å². The Bertz CT molecular complexity index is 1070. The average Bonchev–Trinajstić information content (AvgIpc) is 2.72. The van der Waals surface area contributed by atoms with Gasteiger partial charge in [0.25, 0.3) is 0 Å². The van der Waals surface area contributed by atoms with Crippen molar-refractivity contribution in [2.24, 2.45) is 0 Å². The zero-order valence-electron chi connectivity index (χ0n) is 18.3. The van der Waals surface area contributed by atoms with Crippen LogP contribution in [0.25, 0.3) is 12.2 Å². The lowest BCUT2D eigenvalue weighted by atomic mass is 10.1. The number of carbonyl (C=O) groups excluding carboxylic acids is 3. The number of hydrogen-bond donors (Lipinski definition) is 0. The molecule has 2 aromatic rings. The molecule has 0 amide bonds. The summed E-state index contributed by atoms with van der Waals surface area (Å²) in [5.74, 6) is -0.881. The van der Waals surface area contributed by atoms with Crippen molar-refractivity contribution in [3.63, 3.8) is 0 Å². The summed E-state index contributed by atoms with van der Waals surface area (Å²) in [5, 5.41) is 0. The second-order valence-electron chi connectivity index (χ2n) is 7.15. The maximum Gasteiger partial charge on any atom is 0.338 e. The van der Waals surface area contributed by atoms with E-state index >= 15 is 0 Å². The molecule has 32 heavy (non-hydrogen) atoms. The molecule has 0 radical (unpaired) electrons. The van der Waals surface area contributed by atoms with Crippen LogP contribution in [0.3, 0.4) is 0 Å². The summed E-state index contributed by atoms with van der Waals surface area (Å²) >= 11 is 0. The Kier molecular flexibility index (Phi) is 8.07. The molecule has 0 bridgehead atoms. The summed E-state index contributed by atoms with van der Waals surface area (Å²) in [7, 11) is 0. The van der Waals surface area contributed by atoms with Crippen LogP contribution in [-0.4, -0.2) is 17.9 Å². The fourth-order valence-electron chi connectivity index (χ4n) is 2.23. The Balaban J connectivity index is 2.27. The maximum absolute atomic E-state index is 11.9. The SMILES string of the molecule is C=C(C)C(=O)Oc1ccc(/C=C/c2cc(OC(=O)C(=C)C)cc(OC(=O)C(=C)C)c2)cc1. The highest BCUT2D eigenvalue weighted by atomic mass is 16.5. The molecular formula is C26H24O6. The number of benzene rings is 2. The molecule has 0 N–H and O–H groups in total. The zero-order chi connectivity index (χ0) is 23.8. The maximum atomic E-state index is 11.9. The highest BCUT2D eigenvalue weighted by Crippen LogP contribution is 2.26. The Morgan fingerprint density at radius 1 is 0.594 bits per heavy atom. The van der Waals surface area contributed by atoms with Gasteiger partial charge in [-0.05, 0) is 56.2 Å². The molecule has 6 heteroatoms. The third kappa shape index (κ3) is 7.25. The molecule has 2 rings (SSSR count). The lowest BCUT2D eigenvalue weighted by molar-refractivity contribution is -0.131. The van der Waals surface area contributed by atoms with Crippen LogP contribution in [0, 0.1) is 0 Å². The number of hydrogen-bond acceptors (Lipinski definition) is 6. The molecule has 0 aliphatic rings. The van der Waals surface area contributed by atoms with Crippen LogP contribution in [0.2, 0.25) is 0 Å². The molecule has 0 spiro atoms. The summed E-state index contributed by atoms with van der Waals surface area (Å²) in [6.07, 6.45) is 3.56. The van der Waals surface area contributed by atoms with Crippen molar-refractivity contribution in [3.8, 4) is 17.2 Å². The second kappa shape index (κ2) is 10.7. The van der Waals surface area contributed by atoms with E-state index in [9.17, 15) is 14.4 Å². The van der Waals surface area contributed by atoms with Crippen LogP contribution in [0.15, 0.2) is 78.9 Å². The van der Waals surface area contributed by atoms with Crippen LogP contribution in [0.5, 0.6) is 17.2 Å². The predicted octanol–water partition coefficient (Wildman–Crippen LogP) is 5.30. The van der Waals surface area contributed by atoms with Crippen molar-refractivity contribution >= 4 is 30.1 Å². The summed E-state index contributed by atoms with van der Waals surface area (Å²) in [4.78, 5) is 35.4. The minimum atomic E-state index is -0.594. The first-order valence-corrected chi connectivity index (χ1v) is 9.61. The Labute approximate surface area is 187 Å². The summed E-state index contributed by atoms with van der Waals surface area (Å²) in [6.45, 7) is 15.3. The quantitative estimate of drug-likeness (QED) is 0.244. The smallest absolute Gasteiger partial charge is 0.338 e. The van der Waals surface area contributed by atoms with Gasteiger partial charge < -0.3 is 14.2 Å². The summed E-state index contributed by atoms with van der Waals surface area (Å²) in [5.41, 5.74) is 2.23. The van der Waals surface area contributed by atoms with E-state index in [0.29, 0.717) is 16.9 Å². The predicted molar refractivity (Wildman–Crippen MR) is 123 cm³/mol. The number of carbonyl (C=O) groups is 3. The fraction of sp³-hybridized carbons (Fsp3) is 0.115. The fourth-order valence-corrected chi connectivity index (χ4v) is 2.23. The van der Waals surface area contributed by atoms with Gasteiger partial charge in [-0.2, -0.15) is 0 Å². The molecule has 0 heterocycles. The molecule has 0 aliphatic carbocycles. The van der Waals surface area contributed by atoms with Crippen LogP contribution < -0.4 is 14.2 Å². The highest BCUT2D eigenvalue weighted by molar-refractivity contribution is 5.90. The van der Waals surface area contributed by atoms with Gasteiger partial charge in [-0.15, -0.1) is 0 Å². The molecule has 164 valence electrons. The molecule has 0 unspecified atom stereocenters.